The molecule has 0 heterocycles. The molecule has 0 saturated heterocycles. The molecule has 0 aliphatic heterocycles. The van der Waals surface area contributed by atoms with Crippen molar-refractivity contribution in [3.8, 4) is 0 Å². The summed E-state index contributed by atoms with van der Waals surface area (Å²) in [6.45, 7) is 3.33. The Labute approximate surface area is 113 Å². The molecule has 1 atom stereocenters. The van der Waals surface area contributed by atoms with Crippen LogP contribution >= 0.6 is 0 Å². The van der Waals surface area contributed by atoms with Crippen molar-refractivity contribution < 1.29 is 0 Å². The topological polar surface area (TPSA) is 12.0 Å². The summed E-state index contributed by atoms with van der Waals surface area (Å²) < 4.78 is 0. The fourth-order valence-corrected chi connectivity index (χ4v) is 3.29. The first-order valence-corrected chi connectivity index (χ1v) is 8.00. The van der Waals surface area contributed by atoms with Crippen LogP contribution in [0.4, 0.5) is 0 Å². The van der Waals surface area contributed by atoms with E-state index in [0.717, 1.165) is 6.54 Å². The lowest BCUT2D eigenvalue weighted by Gasteiger charge is -2.24. The highest BCUT2D eigenvalue weighted by Crippen LogP contribution is 2.27. The van der Waals surface area contributed by atoms with Crippen LogP contribution in [0.5, 0.6) is 0 Å². The third-order valence-electron chi connectivity index (χ3n) is 4.33. The molecule has 0 aromatic carbocycles. The van der Waals surface area contributed by atoms with Crippen molar-refractivity contribution >= 4 is 0 Å². The first kappa shape index (κ1) is 13.9. The Hall–Kier alpha value is -0.560. The zero-order valence-corrected chi connectivity index (χ0v) is 12.0. The van der Waals surface area contributed by atoms with E-state index in [2.05, 4.69) is 24.4 Å². The Bertz CT molecular complexity index is 301. The lowest BCUT2D eigenvalue weighted by molar-refractivity contribution is 0.541. The Morgan fingerprint density at radius 1 is 1.00 bits per heavy atom. The van der Waals surface area contributed by atoms with Crippen LogP contribution in [0, 0.1) is 0 Å². The van der Waals surface area contributed by atoms with Gasteiger partial charge in [-0.3, -0.25) is 0 Å². The number of hydrogen-bond donors (Lipinski definition) is 1. The van der Waals surface area contributed by atoms with Gasteiger partial charge in [0, 0.05) is 6.04 Å². The van der Waals surface area contributed by atoms with E-state index < -0.39 is 0 Å². The largest absolute Gasteiger partial charge is 0.310 e. The number of nitrogens with one attached hydrogen (secondary N) is 1. The van der Waals surface area contributed by atoms with Crippen molar-refractivity contribution in [3.63, 3.8) is 0 Å². The molecule has 2 aliphatic carbocycles. The molecule has 1 nitrogen and oxygen atoms in total. The summed E-state index contributed by atoms with van der Waals surface area (Å²) in [5.74, 6) is 0. The summed E-state index contributed by atoms with van der Waals surface area (Å²) in [7, 11) is 0. The third kappa shape index (κ3) is 4.28. The smallest absolute Gasteiger partial charge is 0.0316 e. The zero-order chi connectivity index (χ0) is 12.6. The lowest BCUT2D eigenvalue weighted by atomic mass is 9.90. The molecule has 1 unspecified atom stereocenters. The molecule has 1 heteroatoms. The highest BCUT2D eigenvalue weighted by atomic mass is 14.9. The molecule has 0 bridgehead atoms. The minimum atomic E-state index is 0.623. The maximum absolute atomic E-state index is 3.72. The molecule has 1 N–H and O–H groups in total. The van der Waals surface area contributed by atoms with Crippen molar-refractivity contribution in [3.05, 3.63) is 23.3 Å². The first-order valence-electron chi connectivity index (χ1n) is 8.00. The predicted molar refractivity (Wildman–Crippen MR) is 79.8 cm³/mol. The Kier molecular flexibility index (Phi) is 5.99. The van der Waals surface area contributed by atoms with Gasteiger partial charge in [0.25, 0.3) is 0 Å². The van der Waals surface area contributed by atoms with Gasteiger partial charge >= 0.3 is 0 Å². The molecular weight excluding hydrogens is 218 g/mol. The summed E-state index contributed by atoms with van der Waals surface area (Å²) in [5, 5.41) is 3.72. The van der Waals surface area contributed by atoms with Crippen LogP contribution in [-0.4, -0.2) is 12.6 Å². The van der Waals surface area contributed by atoms with Crippen molar-refractivity contribution in [1.29, 1.82) is 0 Å². The molecule has 0 amide bonds. The zero-order valence-electron chi connectivity index (χ0n) is 12.0. The van der Waals surface area contributed by atoms with Crippen LogP contribution in [0.15, 0.2) is 23.3 Å². The van der Waals surface area contributed by atoms with Gasteiger partial charge in [-0.2, -0.15) is 0 Å². The molecule has 2 rings (SSSR count). The second-order valence-electron chi connectivity index (χ2n) is 5.80. The third-order valence-corrected chi connectivity index (χ3v) is 4.33. The summed E-state index contributed by atoms with van der Waals surface area (Å²) in [5.41, 5.74) is 3.40. The number of allylic oxidation sites excluding steroid dienone is 2. The van der Waals surface area contributed by atoms with Crippen molar-refractivity contribution in [1.82, 2.24) is 5.32 Å². The number of likely N-dealkylation sites (N-methyl/N-ethyl adjacent to an activating group) is 1. The normalized spacial score (nSPS) is 22.9. The van der Waals surface area contributed by atoms with E-state index in [-0.39, 0.29) is 0 Å². The van der Waals surface area contributed by atoms with Gasteiger partial charge in [0.05, 0.1) is 0 Å². The van der Waals surface area contributed by atoms with Crippen molar-refractivity contribution in [2.75, 3.05) is 6.54 Å². The van der Waals surface area contributed by atoms with Crippen LogP contribution in [-0.2, 0) is 0 Å². The Morgan fingerprint density at radius 2 is 1.78 bits per heavy atom. The quantitative estimate of drug-likeness (QED) is 0.692. The van der Waals surface area contributed by atoms with Crippen molar-refractivity contribution in [2.45, 2.75) is 77.2 Å². The van der Waals surface area contributed by atoms with Crippen LogP contribution in [0.3, 0.4) is 0 Å². The molecule has 0 aromatic heterocycles. The standard InChI is InChI=1S/C17H29N/c1-2-18-17(14-15-10-6-5-7-11-15)16-12-8-3-4-9-13-16/h10,12,17-18H,2-9,11,13-14H2,1H3. The van der Waals surface area contributed by atoms with E-state index in [1.54, 1.807) is 11.1 Å². The highest BCUT2D eigenvalue weighted by molar-refractivity contribution is 5.18. The SMILES string of the molecule is CCNC(CC1=CCCCC1)C1=CCCCCC1. The van der Waals surface area contributed by atoms with Gasteiger partial charge in [0.1, 0.15) is 0 Å². The second kappa shape index (κ2) is 7.78. The van der Waals surface area contributed by atoms with E-state index in [9.17, 15) is 0 Å². The maximum Gasteiger partial charge on any atom is 0.0316 e. The first-order chi connectivity index (χ1) is 8.90. The van der Waals surface area contributed by atoms with Gasteiger partial charge in [-0.1, -0.05) is 36.6 Å². The fourth-order valence-electron chi connectivity index (χ4n) is 3.29. The van der Waals surface area contributed by atoms with Crippen LogP contribution in [0.2, 0.25) is 0 Å². The lowest BCUT2D eigenvalue weighted by Crippen LogP contribution is -2.31. The average Bonchev–Trinajstić information content (AvgIpc) is 2.68. The van der Waals surface area contributed by atoms with Gasteiger partial charge < -0.3 is 5.32 Å². The molecule has 102 valence electrons. The summed E-state index contributed by atoms with van der Waals surface area (Å²) in [4.78, 5) is 0. The van der Waals surface area contributed by atoms with E-state index in [1.807, 2.05) is 0 Å². The molecular formula is C17H29N. The predicted octanol–water partition coefficient (Wildman–Crippen LogP) is 4.75. The van der Waals surface area contributed by atoms with Crippen LogP contribution < -0.4 is 5.32 Å². The highest BCUT2D eigenvalue weighted by Gasteiger charge is 2.17. The maximum atomic E-state index is 3.72. The van der Waals surface area contributed by atoms with Gasteiger partial charge in [0.15, 0.2) is 0 Å². The van der Waals surface area contributed by atoms with E-state index in [0.29, 0.717) is 6.04 Å². The number of hydrogen-bond acceptors (Lipinski definition) is 1. The van der Waals surface area contributed by atoms with Crippen molar-refractivity contribution in [2.24, 2.45) is 0 Å². The summed E-state index contributed by atoms with van der Waals surface area (Å²) in [6, 6.07) is 0.623. The monoisotopic (exact) mass is 247 g/mol. The summed E-state index contributed by atoms with van der Waals surface area (Å²) >= 11 is 0. The number of rotatable bonds is 5. The van der Waals surface area contributed by atoms with E-state index in [1.165, 1.54) is 64.2 Å². The van der Waals surface area contributed by atoms with Gasteiger partial charge in [0.2, 0.25) is 0 Å². The molecule has 0 saturated carbocycles. The molecule has 2 aliphatic rings. The summed E-state index contributed by atoms with van der Waals surface area (Å²) in [6.07, 6.45) is 18.6. The van der Waals surface area contributed by atoms with Crippen LogP contribution in [0.25, 0.3) is 0 Å². The van der Waals surface area contributed by atoms with Gasteiger partial charge in [-0.05, 0) is 64.3 Å². The fraction of sp³-hybridized carbons (Fsp3) is 0.765. The van der Waals surface area contributed by atoms with E-state index in [4.69, 9.17) is 0 Å². The molecule has 0 aromatic rings. The van der Waals surface area contributed by atoms with Crippen LogP contribution in [0.1, 0.15) is 71.1 Å². The second-order valence-corrected chi connectivity index (χ2v) is 5.80. The Balaban J connectivity index is 1.97. The molecule has 0 fully saturated rings. The van der Waals surface area contributed by atoms with E-state index >= 15 is 0 Å². The molecule has 0 spiro atoms. The molecule has 0 radical (unpaired) electrons. The van der Waals surface area contributed by atoms with Gasteiger partial charge in [-0.25, -0.2) is 0 Å². The Morgan fingerprint density at radius 3 is 2.56 bits per heavy atom. The minimum absolute atomic E-state index is 0.623. The molecule has 18 heavy (non-hydrogen) atoms. The minimum Gasteiger partial charge on any atom is -0.310 e. The van der Waals surface area contributed by atoms with Gasteiger partial charge in [-0.15, -0.1) is 0 Å². The average molecular weight is 247 g/mol.